The molecule has 3 atom stereocenters. The van der Waals surface area contributed by atoms with Crippen LogP contribution in [0.5, 0.6) is 0 Å². The number of anilines is 2. The highest BCUT2D eigenvalue weighted by molar-refractivity contribution is 7.14. The molecule has 1 aliphatic heterocycles. The summed E-state index contributed by atoms with van der Waals surface area (Å²) in [6, 6.07) is 25.1. The minimum Gasteiger partial charge on any atom is -0.465 e. The van der Waals surface area contributed by atoms with Crippen molar-refractivity contribution in [2.24, 2.45) is 0 Å². The first kappa shape index (κ1) is 32.6. The maximum atomic E-state index is 13.8. The average molecular weight is 644 g/mol. The van der Waals surface area contributed by atoms with Crippen molar-refractivity contribution < 1.29 is 29.0 Å². The van der Waals surface area contributed by atoms with Gasteiger partial charge in [-0.25, -0.2) is 9.59 Å². The molecular weight excluding hydrogens is 606 g/mol. The number of carbonyl (C=O) groups is 3. The second-order valence-corrected chi connectivity index (χ2v) is 11.8. The number of aromatic nitrogens is 1. The predicted molar refractivity (Wildman–Crippen MR) is 176 cm³/mol. The highest BCUT2D eigenvalue weighted by Crippen LogP contribution is 2.30. The molecule has 0 bridgehead atoms. The maximum absolute atomic E-state index is 13.8. The maximum Gasteiger partial charge on any atom is 0.414 e. The third kappa shape index (κ3) is 8.68. The van der Waals surface area contributed by atoms with Gasteiger partial charge in [-0.3, -0.25) is 14.7 Å². The third-order valence-electron chi connectivity index (χ3n) is 7.82. The molecule has 0 radical (unpaired) electrons. The summed E-state index contributed by atoms with van der Waals surface area (Å²) in [6.07, 6.45) is 1.11. The summed E-state index contributed by atoms with van der Waals surface area (Å²) in [5, 5.41) is 19.3. The molecule has 3 aromatic carbocycles. The fraction of sp³-hybridized carbons (Fsp3) is 0.294. The largest absolute Gasteiger partial charge is 0.465 e. The normalized spacial score (nSPS) is 16.7. The molecule has 12 heteroatoms. The Morgan fingerprint density at radius 3 is 2.33 bits per heavy atom. The summed E-state index contributed by atoms with van der Waals surface area (Å²) < 4.78 is 11.5. The number of rotatable bonds is 12. The first-order valence-corrected chi connectivity index (χ1v) is 15.9. The summed E-state index contributed by atoms with van der Waals surface area (Å²) in [6.45, 7) is 1.16. The Hall–Kier alpha value is -4.78. The van der Waals surface area contributed by atoms with Crippen molar-refractivity contribution in [3.8, 4) is 0 Å². The lowest BCUT2D eigenvalue weighted by Gasteiger charge is -2.30. The first-order chi connectivity index (χ1) is 22.4. The lowest BCUT2D eigenvalue weighted by Crippen LogP contribution is -2.49. The van der Waals surface area contributed by atoms with Crippen LogP contribution in [0, 0.1) is 0 Å². The van der Waals surface area contributed by atoms with Crippen LogP contribution < -0.4 is 20.9 Å². The van der Waals surface area contributed by atoms with E-state index in [1.165, 1.54) is 16.2 Å². The molecular formula is C34H37N5O6S. The number of hydrogen-bond donors (Lipinski definition) is 4. The van der Waals surface area contributed by atoms with Crippen LogP contribution in [0.1, 0.15) is 29.0 Å². The lowest BCUT2D eigenvalue weighted by atomic mass is 9.84. The van der Waals surface area contributed by atoms with Gasteiger partial charge in [-0.15, -0.1) is 11.3 Å². The molecule has 0 spiro atoms. The summed E-state index contributed by atoms with van der Waals surface area (Å²) in [7, 11) is 1.64. The van der Waals surface area contributed by atoms with E-state index in [4.69, 9.17) is 9.47 Å². The van der Waals surface area contributed by atoms with Gasteiger partial charge in [0, 0.05) is 25.2 Å². The van der Waals surface area contributed by atoms with Crippen LogP contribution in [-0.4, -0.2) is 73.2 Å². The van der Waals surface area contributed by atoms with Gasteiger partial charge in [0.05, 0.1) is 30.5 Å². The number of carbonyl (C=O) groups excluding carboxylic acids is 2. The Morgan fingerprint density at radius 1 is 1.04 bits per heavy atom. The number of ether oxygens (including phenoxy) is 2. The topological polar surface area (TPSA) is 142 Å². The van der Waals surface area contributed by atoms with E-state index >= 15 is 0 Å². The molecule has 4 aromatic rings. The monoisotopic (exact) mass is 643 g/mol. The standard InChI is InChI=1S/C34H37N5O6S/c1-39(29-19-35-22-46-29)34(43)45-21-26-20-44-27(18-36-26)17-16-23-10-8-9-15-28(23)37-32(40)31(38-33(41)42)30(24-11-4-2-5-12-24)25-13-6-3-7-14-25/h2-15,19,22,26-27,30-31,36,38H,16-18,20-21H2,1H3,(H,37,40)(H,41,42)/t26-,27+,31-/m0/s1. The number of amides is 3. The van der Waals surface area contributed by atoms with E-state index in [9.17, 15) is 19.5 Å². The minimum absolute atomic E-state index is 0.0717. The third-order valence-corrected chi connectivity index (χ3v) is 8.67. The van der Waals surface area contributed by atoms with Gasteiger partial charge in [0.15, 0.2) is 0 Å². The van der Waals surface area contributed by atoms with Crippen LogP contribution in [-0.2, 0) is 20.7 Å². The first-order valence-electron chi connectivity index (χ1n) is 15.0. The molecule has 1 saturated heterocycles. The highest BCUT2D eigenvalue weighted by atomic mass is 32.1. The Morgan fingerprint density at radius 2 is 1.72 bits per heavy atom. The van der Waals surface area contributed by atoms with Crippen LogP contribution >= 0.6 is 11.3 Å². The molecule has 240 valence electrons. The molecule has 5 rings (SSSR count). The van der Waals surface area contributed by atoms with Crippen molar-refractivity contribution >= 4 is 40.1 Å². The fourth-order valence-corrected chi connectivity index (χ4v) is 6.00. The smallest absolute Gasteiger partial charge is 0.414 e. The van der Waals surface area contributed by atoms with Gasteiger partial charge >= 0.3 is 12.2 Å². The summed E-state index contributed by atoms with van der Waals surface area (Å²) in [5.41, 5.74) is 4.81. The van der Waals surface area contributed by atoms with Gasteiger partial charge in [-0.2, -0.15) is 0 Å². The number of nitrogens with zero attached hydrogens (tertiary/aromatic N) is 2. The Labute approximate surface area is 271 Å². The average Bonchev–Trinajstić information content (AvgIpc) is 3.63. The van der Waals surface area contributed by atoms with Crippen LogP contribution in [0.25, 0.3) is 0 Å². The fourth-order valence-electron chi connectivity index (χ4n) is 5.41. The molecule has 0 unspecified atom stereocenters. The highest BCUT2D eigenvalue weighted by Gasteiger charge is 2.33. The number of benzene rings is 3. The zero-order valence-corrected chi connectivity index (χ0v) is 26.2. The van der Waals surface area contributed by atoms with Gasteiger partial charge in [0.25, 0.3) is 0 Å². The number of thiazole rings is 1. The molecule has 1 aliphatic rings. The van der Waals surface area contributed by atoms with Crippen LogP contribution in [0.3, 0.4) is 0 Å². The number of morpholine rings is 1. The number of hydrogen-bond acceptors (Lipinski definition) is 8. The Balaban J connectivity index is 1.19. The van der Waals surface area contributed by atoms with Crippen LogP contribution in [0.15, 0.2) is 96.6 Å². The van der Waals surface area contributed by atoms with E-state index in [0.29, 0.717) is 36.7 Å². The van der Waals surface area contributed by atoms with Crippen molar-refractivity contribution in [2.75, 3.05) is 37.0 Å². The summed E-state index contributed by atoms with van der Waals surface area (Å²) in [4.78, 5) is 43.5. The lowest BCUT2D eigenvalue weighted by molar-refractivity contribution is -0.118. The van der Waals surface area contributed by atoms with E-state index in [-0.39, 0.29) is 18.8 Å². The molecule has 11 nitrogen and oxygen atoms in total. The number of para-hydroxylation sites is 1. The quantitative estimate of drug-likeness (QED) is 0.167. The number of carboxylic acid groups (broad SMARTS) is 1. The number of nitrogens with one attached hydrogen (secondary N) is 3. The van der Waals surface area contributed by atoms with E-state index < -0.39 is 30.1 Å². The second kappa shape index (κ2) is 16.0. The van der Waals surface area contributed by atoms with Crippen molar-refractivity contribution in [2.45, 2.75) is 36.9 Å². The van der Waals surface area contributed by atoms with Gasteiger partial charge in [0.1, 0.15) is 17.6 Å². The van der Waals surface area contributed by atoms with Crippen molar-refractivity contribution in [3.05, 3.63) is 113 Å². The Bertz CT molecular complexity index is 1530. The molecule has 0 saturated carbocycles. The predicted octanol–water partition coefficient (Wildman–Crippen LogP) is 5.11. The van der Waals surface area contributed by atoms with Gasteiger partial charge < -0.3 is 30.5 Å². The second-order valence-electron chi connectivity index (χ2n) is 10.9. The molecule has 2 heterocycles. The summed E-state index contributed by atoms with van der Waals surface area (Å²) in [5.74, 6) is -1.01. The zero-order valence-electron chi connectivity index (χ0n) is 25.4. The minimum atomic E-state index is -1.29. The van der Waals surface area contributed by atoms with E-state index in [1.54, 1.807) is 18.8 Å². The van der Waals surface area contributed by atoms with Gasteiger partial charge in [0.2, 0.25) is 5.91 Å². The van der Waals surface area contributed by atoms with Crippen LogP contribution in [0.2, 0.25) is 0 Å². The molecule has 1 fully saturated rings. The van der Waals surface area contributed by atoms with E-state index in [2.05, 4.69) is 20.9 Å². The van der Waals surface area contributed by atoms with Crippen molar-refractivity contribution in [1.82, 2.24) is 15.6 Å². The zero-order chi connectivity index (χ0) is 32.3. The molecule has 1 aromatic heterocycles. The number of aryl methyl sites for hydroxylation is 1. The molecule has 4 N–H and O–H groups in total. The molecule has 3 amide bonds. The van der Waals surface area contributed by atoms with Crippen molar-refractivity contribution in [3.63, 3.8) is 0 Å². The van der Waals surface area contributed by atoms with E-state index in [0.717, 1.165) is 16.7 Å². The SMILES string of the molecule is CN(C(=O)OC[C@@H]1CO[C@H](CCc2ccccc2NC(=O)[C@@H](NC(=O)O)C(c2ccccc2)c2ccccc2)CN1)c1cncs1. The van der Waals surface area contributed by atoms with Gasteiger partial charge in [-0.05, 0) is 35.6 Å². The Kier molecular flexibility index (Phi) is 11.3. The van der Waals surface area contributed by atoms with Crippen molar-refractivity contribution in [1.29, 1.82) is 0 Å². The molecule has 46 heavy (non-hydrogen) atoms. The molecule has 0 aliphatic carbocycles. The van der Waals surface area contributed by atoms with E-state index in [1.807, 2.05) is 84.9 Å². The van der Waals surface area contributed by atoms with Crippen LogP contribution in [0.4, 0.5) is 20.3 Å². The van der Waals surface area contributed by atoms with Gasteiger partial charge in [-0.1, -0.05) is 78.9 Å². The summed E-state index contributed by atoms with van der Waals surface area (Å²) >= 11 is 1.36.